The number of aliphatic hydroxyl groups is 1. The fourth-order valence-corrected chi connectivity index (χ4v) is 11.0. The van der Waals surface area contributed by atoms with E-state index in [9.17, 15) is 5.11 Å². The van der Waals surface area contributed by atoms with Gasteiger partial charge in [-0.05, 0) is 115 Å². The summed E-state index contributed by atoms with van der Waals surface area (Å²) in [6.45, 7) is 12.7. The van der Waals surface area contributed by atoms with Crippen molar-refractivity contribution in [1.29, 1.82) is 0 Å². The highest BCUT2D eigenvalue weighted by atomic mass is 16.3. The van der Waals surface area contributed by atoms with E-state index < -0.39 is 0 Å². The Bertz CT molecular complexity index is 1090. The van der Waals surface area contributed by atoms with Crippen LogP contribution in [0.15, 0.2) is 30.5 Å². The van der Waals surface area contributed by atoms with E-state index in [1.54, 1.807) is 0 Å². The highest BCUT2D eigenvalue weighted by molar-refractivity contribution is 5.83. The van der Waals surface area contributed by atoms with Gasteiger partial charge >= 0.3 is 0 Å². The van der Waals surface area contributed by atoms with Crippen molar-refractivity contribution in [2.24, 2.45) is 52.3 Å². The Kier molecular flexibility index (Phi) is 6.82. The summed E-state index contributed by atoms with van der Waals surface area (Å²) in [5, 5.41) is 12.7. The van der Waals surface area contributed by atoms with Gasteiger partial charge in [-0.1, -0.05) is 72.1 Å². The Morgan fingerprint density at radius 2 is 1.73 bits per heavy atom. The Hall–Kier alpha value is -1.28. The zero-order valence-electron chi connectivity index (χ0n) is 24.3. The van der Waals surface area contributed by atoms with E-state index in [2.05, 4.69) is 70.1 Å². The number of para-hydroxylation sites is 1. The van der Waals surface area contributed by atoms with Crippen LogP contribution in [0.3, 0.4) is 0 Å². The van der Waals surface area contributed by atoms with Crippen LogP contribution in [0.4, 0.5) is 0 Å². The maximum atomic E-state index is 11.4. The summed E-state index contributed by atoms with van der Waals surface area (Å²) in [7, 11) is 0. The number of nitrogens with one attached hydrogen (secondary N) is 1. The maximum Gasteiger partial charge on any atom is 0.0612 e. The molecule has 4 saturated carbocycles. The zero-order chi connectivity index (χ0) is 25.9. The van der Waals surface area contributed by atoms with Gasteiger partial charge in [0, 0.05) is 23.0 Å². The van der Waals surface area contributed by atoms with Gasteiger partial charge in [0.05, 0.1) is 6.10 Å². The summed E-state index contributed by atoms with van der Waals surface area (Å²) < 4.78 is 0. The molecular formula is C35H53NO. The Morgan fingerprint density at radius 1 is 0.946 bits per heavy atom. The van der Waals surface area contributed by atoms with E-state index >= 15 is 0 Å². The number of hydrogen-bond donors (Lipinski definition) is 2. The van der Waals surface area contributed by atoms with Crippen LogP contribution in [0.2, 0.25) is 0 Å². The molecule has 1 aromatic heterocycles. The molecule has 1 heterocycles. The monoisotopic (exact) mass is 503 g/mol. The molecule has 4 aliphatic rings. The fourth-order valence-electron chi connectivity index (χ4n) is 11.0. The van der Waals surface area contributed by atoms with Gasteiger partial charge in [0.15, 0.2) is 0 Å². The number of aromatic nitrogens is 1. The van der Waals surface area contributed by atoms with Crippen LogP contribution in [-0.4, -0.2) is 16.2 Å². The molecule has 0 spiro atoms. The number of aliphatic hydroxyl groups excluding tert-OH is 1. The number of H-pyrrole nitrogens is 1. The van der Waals surface area contributed by atoms with Crippen molar-refractivity contribution in [2.45, 2.75) is 117 Å². The van der Waals surface area contributed by atoms with Crippen LogP contribution < -0.4 is 0 Å². The molecule has 4 fully saturated rings. The molecule has 1 aromatic carbocycles. The van der Waals surface area contributed by atoms with Crippen molar-refractivity contribution < 1.29 is 5.11 Å². The lowest BCUT2D eigenvalue weighted by Crippen LogP contribution is -2.55. The van der Waals surface area contributed by atoms with Crippen molar-refractivity contribution >= 4 is 10.9 Å². The van der Waals surface area contributed by atoms with Gasteiger partial charge in [-0.15, -0.1) is 0 Å². The average molecular weight is 504 g/mol. The van der Waals surface area contributed by atoms with Crippen molar-refractivity contribution in [3.8, 4) is 0 Å². The summed E-state index contributed by atoms with van der Waals surface area (Å²) >= 11 is 0. The van der Waals surface area contributed by atoms with Gasteiger partial charge < -0.3 is 10.1 Å². The lowest BCUT2D eigenvalue weighted by molar-refractivity contribution is -0.134. The minimum atomic E-state index is -0.203. The van der Waals surface area contributed by atoms with Gasteiger partial charge in [-0.3, -0.25) is 0 Å². The number of rotatable bonds is 6. The molecule has 2 N–H and O–H groups in total. The third-order valence-corrected chi connectivity index (χ3v) is 12.9. The van der Waals surface area contributed by atoms with E-state index in [1.165, 1.54) is 80.7 Å². The lowest BCUT2D eigenvalue weighted by atomic mass is 9.43. The average Bonchev–Trinajstić information content (AvgIpc) is 3.45. The molecule has 0 aliphatic heterocycles. The molecule has 37 heavy (non-hydrogen) atoms. The van der Waals surface area contributed by atoms with E-state index in [0.717, 1.165) is 41.9 Å². The Morgan fingerprint density at radius 3 is 2.54 bits per heavy atom. The van der Waals surface area contributed by atoms with Crippen molar-refractivity contribution in [1.82, 2.24) is 4.98 Å². The molecular weight excluding hydrogens is 450 g/mol. The first kappa shape index (κ1) is 26.0. The van der Waals surface area contributed by atoms with E-state index in [0.29, 0.717) is 16.7 Å². The van der Waals surface area contributed by atoms with Gasteiger partial charge in [-0.2, -0.15) is 0 Å². The van der Waals surface area contributed by atoms with Crippen LogP contribution in [0.5, 0.6) is 0 Å². The van der Waals surface area contributed by atoms with E-state index in [1.807, 2.05) is 0 Å². The van der Waals surface area contributed by atoms with E-state index in [4.69, 9.17) is 0 Å². The first-order valence-corrected chi connectivity index (χ1v) is 16.0. The van der Waals surface area contributed by atoms with Crippen LogP contribution in [-0.2, 0) is 0 Å². The fraction of sp³-hybridized carbons (Fsp3) is 0.771. The second-order valence-electron chi connectivity index (χ2n) is 15.1. The van der Waals surface area contributed by atoms with Crippen molar-refractivity contribution in [3.05, 3.63) is 36.0 Å². The smallest absolute Gasteiger partial charge is 0.0612 e. The summed E-state index contributed by atoms with van der Waals surface area (Å²) in [4.78, 5) is 3.51. The first-order valence-electron chi connectivity index (χ1n) is 16.0. The quantitative estimate of drug-likeness (QED) is 0.405. The third kappa shape index (κ3) is 4.23. The van der Waals surface area contributed by atoms with Crippen LogP contribution in [0, 0.1) is 52.3 Å². The minimum absolute atomic E-state index is 0.203. The number of aromatic amines is 1. The summed E-state index contributed by atoms with van der Waals surface area (Å²) in [5.74, 6) is 6.30. The van der Waals surface area contributed by atoms with Gasteiger partial charge in [-0.25, -0.2) is 0 Å². The van der Waals surface area contributed by atoms with Gasteiger partial charge in [0.2, 0.25) is 0 Å². The zero-order valence-corrected chi connectivity index (χ0v) is 24.3. The summed E-state index contributed by atoms with van der Waals surface area (Å²) in [5.41, 5.74) is 3.51. The molecule has 4 aliphatic carbocycles. The highest BCUT2D eigenvalue weighted by Gasteiger charge is 2.61. The summed E-state index contributed by atoms with van der Waals surface area (Å²) in [6, 6.07) is 8.69. The molecule has 10 atom stereocenters. The molecule has 2 nitrogen and oxygen atoms in total. The maximum absolute atomic E-state index is 11.4. The minimum Gasteiger partial charge on any atom is -0.392 e. The van der Waals surface area contributed by atoms with Crippen LogP contribution >= 0.6 is 0 Å². The molecule has 204 valence electrons. The number of hydrogen-bond acceptors (Lipinski definition) is 1. The number of fused-ring (bicyclic) bond motifs is 6. The van der Waals surface area contributed by atoms with Crippen LogP contribution in [0.25, 0.3) is 10.9 Å². The normalized spacial score (nSPS) is 42.4. The van der Waals surface area contributed by atoms with Crippen LogP contribution in [0.1, 0.15) is 117 Å². The molecule has 0 radical (unpaired) electrons. The molecule has 2 heteroatoms. The molecule has 0 bridgehead atoms. The second kappa shape index (κ2) is 9.72. The van der Waals surface area contributed by atoms with Crippen molar-refractivity contribution in [3.63, 3.8) is 0 Å². The molecule has 2 aromatic rings. The van der Waals surface area contributed by atoms with Gasteiger partial charge in [0.25, 0.3) is 0 Å². The molecule has 6 rings (SSSR count). The van der Waals surface area contributed by atoms with Crippen molar-refractivity contribution in [2.75, 3.05) is 0 Å². The largest absolute Gasteiger partial charge is 0.392 e. The first-order chi connectivity index (χ1) is 17.7. The summed E-state index contributed by atoms with van der Waals surface area (Å²) in [6.07, 6.45) is 17.0. The Balaban J connectivity index is 1.22. The molecule has 0 amide bonds. The number of benzene rings is 1. The predicted molar refractivity (Wildman–Crippen MR) is 155 cm³/mol. The SMILES string of the molecule is CC(C)CCC[C@@H](C)[C@H]1CC[C@H]2[C@@H]3CCC4CC(O)[C@H](c5c[nH]c6ccccc56)C[C@]4(C)[C@H]3CC[C@]12C. The van der Waals surface area contributed by atoms with E-state index in [-0.39, 0.29) is 12.0 Å². The van der Waals surface area contributed by atoms with Gasteiger partial charge in [0.1, 0.15) is 0 Å². The second-order valence-corrected chi connectivity index (χ2v) is 15.1. The lowest BCUT2D eigenvalue weighted by Gasteiger charge is -2.62. The predicted octanol–water partition coefficient (Wildman–Crippen LogP) is 9.34. The molecule has 2 unspecified atom stereocenters. The third-order valence-electron chi connectivity index (χ3n) is 12.9. The standard InChI is InChI=1S/C35H53NO/c1-22(2)9-8-10-23(3)29-15-16-30-26-14-13-24-19-33(37)27(28-21-36-32-12-7-6-11-25(28)32)20-35(24,5)31(26)17-18-34(29,30)4/h6-7,11-12,21-24,26-27,29-31,33,36-37H,8-10,13-20H2,1-5H3/t23-,24?,26+,27+,29-,30+,31+,33?,34-,35+/m1/s1. The Labute approximate surface area is 226 Å². The highest BCUT2D eigenvalue weighted by Crippen LogP contribution is 2.69. The molecule has 0 saturated heterocycles. The topological polar surface area (TPSA) is 36.0 Å².